The Labute approximate surface area is 240 Å². The molecule has 0 saturated carbocycles. The summed E-state index contributed by atoms with van der Waals surface area (Å²) in [7, 11) is 3.22. The summed E-state index contributed by atoms with van der Waals surface area (Å²) in [5, 5.41) is 0. The number of aldehydes is 1. The van der Waals surface area contributed by atoms with Gasteiger partial charge in [-0.3, -0.25) is 14.4 Å². The van der Waals surface area contributed by atoms with E-state index in [4.69, 9.17) is 18.9 Å². The van der Waals surface area contributed by atoms with Crippen LogP contribution in [-0.2, 0) is 43.3 Å². The number of ether oxygens (including phenoxy) is 4. The maximum absolute atomic E-state index is 13.9. The highest BCUT2D eigenvalue weighted by Gasteiger charge is 2.55. The van der Waals surface area contributed by atoms with Gasteiger partial charge in [0.25, 0.3) is 6.47 Å². The minimum atomic E-state index is -0.756. The number of methoxy groups -OCH3 is 2. The lowest BCUT2D eigenvalue weighted by molar-refractivity contribution is -0.176. The minimum Gasteiger partial charge on any atom is -0.497 e. The number of carbonyl (C=O) groups is 3. The van der Waals surface area contributed by atoms with Gasteiger partial charge in [-0.05, 0) is 53.8 Å². The summed E-state index contributed by atoms with van der Waals surface area (Å²) < 4.78 is 21.8. The standard InChI is InChI=1S/C33H35NO7/c1-23(19-35)32-31(30(21-40-22-36)41-20-26-7-5-4-6-8-26)33(37)34(32)27(17-24-9-13-28(38-2)14-10-24)18-25-11-15-29(39-3)16-12-25/h4-16,19,22,27,30-32H,1,17-18,20-21H2,2-3H3/t30-,31+,32+/m0/s1. The van der Waals surface area contributed by atoms with Gasteiger partial charge in [-0.15, -0.1) is 0 Å². The van der Waals surface area contributed by atoms with Crippen molar-refractivity contribution in [3.63, 3.8) is 0 Å². The largest absolute Gasteiger partial charge is 0.497 e. The fraction of sp³-hybridized carbons (Fsp3) is 0.303. The molecule has 4 rings (SSSR count). The van der Waals surface area contributed by atoms with Gasteiger partial charge in [0, 0.05) is 11.6 Å². The molecule has 0 unspecified atom stereocenters. The molecule has 41 heavy (non-hydrogen) atoms. The Kier molecular flexibility index (Phi) is 10.3. The Balaban J connectivity index is 1.63. The van der Waals surface area contributed by atoms with Gasteiger partial charge in [0.15, 0.2) is 0 Å². The van der Waals surface area contributed by atoms with Crippen LogP contribution in [0.3, 0.4) is 0 Å². The van der Waals surface area contributed by atoms with Crippen molar-refractivity contribution in [2.75, 3.05) is 20.8 Å². The van der Waals surface area contributed by atoms with Crippen LogP contribution in [0.1, 0.15) is 16.7 Å². The molecule has 0 aliphatic carbocycles. The summed E-state index contributed by atoms with van der Waals surface area (Å²) in [4.78, 5) is 38.8. The molecule has 8 nitrogen and oxygen atoms in total. The smallest absolute Gasteiger partial charge is 0.293 e. The van der Waals surface area contributed by atoms with Gasteiger partial charge in [0.05, 0.1) is 32.8 Å². The molecule has 214 valence electrons. The number of likely N-dealkylation sites (tertiary alicyclic amines) is 1. The lowest BCUT2D eigenvalue weighted by atomic mass is 9.76. The summed E-state index contributed by atoms with van der Waals surface area (Å²) in [5.74, 6) is 0.561. The number of carbonyl (C=O) groups excluding carboxylic acids is 3. The van der Waals surface area contributed by atoms with Gasteiger partial charge >= 0.3 is 0 Å². The topological polar surface area (TPSA) is 91.4 Å². The van der Waals surface area contributed by atoms with Crippen molar-refractivity contribution in [2.24, 2.45) is 5.92 Å². The summed E-state index contributed by atoms with van der Waals surface area (Å²) >= 11 is 0. The van der Waals surface area contributed by atoms with Crippen LogP contribution in [0, 0.1) is 5.92 Å². The Morgan fingerprint density at radius 3 is 1.90 bits per heavy atom. The van der Waals surface area contributed by atoms with Crippen LogP contribution in [0.4, 0.5) is 0 Å². The summed E-state index contributed by atoms with van der Waals surface area (Å²) in [5.41, 5.74) is 3.20. The third-order valence-electron chi connectivity index (χ3n) is 7.40. The molecule has 1 heterocycles. The molecule has 0 bridgehead atoms. The van der Waals surface area contributed by atoms with E-state index < -0.39 is 18.1 Å². The van der Waals surface area contributed by atoms with Crippen molar-refractivity contribution in [1.82, 2.24) is 4.90 Å². The van der Waals surface area contributed by atoms with E-state index in [0.29, 0.717) is 25.6 Å². The highest BCUT2D eigenvalue weighted by molar-refractivity contribution is 5.92. The van der Waals surface area contributed by atoms with E-state index in [1.54, 1.807) is 19.1 Å². The molecule has 0 spiro atoms. The molecule has 1 aliphatic rings. The highest BCUT2D eigenvalue weighted by Crippen LogP contribution is 2.39. The second-order valence-corrected chi connectivity index (χ2v) is 9.93. The summed E-state index contributed by atoms with van der Waals surface area (Å²) in [6, 6.07) is 24.0. The van der Waals surface area contributed by atoms with Crippen molar-refractivity contribution in [1.29, 1.82) is 0 Å². The third kappa shape index (κ3) is 7.21. The predicted octanol–water partition coefficient (Wildman–Crippen LogP) is 4.20. The number of amides is 1. The first-order valence-corrected chi connectivity index (χ1v) is 13.4. The lowest BCUT2D eigenvalue weighted by Gasteiger charge is -2.53. The zero-order chi connectivity index (χ0) is 29.2. The zero-order valence-corrected chi connectivity index (χ0v) is 23.3. The average Bonchev–Trinajstić information content (AvgIpc) is 3.01. The Morgan fingerprint density at radius 1 is 0.854 bits per heavy atom. The fourth-order valence-corrected chi connectivity index (χ4v) is 5.29. The first kappa shape index (κ1) is 29.6. The van der Waals surface area contributed by atoms with E-state index in [1.807, 2.05) is 78.9 Å². The predicted molar refractivity (Wildman–Crippen MR) is 154 cm³/mol. The SMILES string of the molecule is C=C(C=O)[C@@H]1[C@@H]([C@H](COC=O)OCc2ccccc2)C(=O)N1C(Cc1ccc(OC)cc1)Cc1ccc(OC)cc1. The first-order valence-electron chi connectivity index (χ1n) is 13.4. The van der Waals surface area contributed by atoms with E-state index in [1.165, 1.54) is 0 Å². The zero-order valence-electron chi connectivity index (χ0n) is 23.3. The van der Waals surface area contributed by atoms with Crippen LogP contribution in [-0.4, -0.2) is 62.6 Å². The number of rotatable bonds is 16. The summed E-state index contributed by atoms with van der Waals surface area (Å²) in [6.45, 7) is 4.43. The second kappa shape index (κ2) is 14.3. The molecule has 1 fully saturated rings. The van der Waals surface area contributed by atoms with E-state index >= 15 is 0 Å². The molecule has 1 saturated heterocycles. The average molecular weight is 558 g/mol. The van der Waals surface area contributed by atoms with Crippen LogP contribution in [0.25, 0.3) is 0 Å². The normalized spacial score (nSPS) is 17.0. The van der Waals surface area contributed by atoms with E-state index in [2.05, 4.69) is 6.58 Å². The maximum atomic E-state index is 13.9. The number of hydrogen-bond acceptors (Lipinski definition) is 7. The van der Waals surface area contributed by atoms with Gasteiger partial charge in [-0.25, -0.2) is 0 Å². The van der Waals surface area contributed by atoms with E-state index in [9.17, 15) is 14.4 Å². The Hall–Kier alpha value is -4.43. The van der Waals surface area contributed by atoms with Crippen molar-refractivity contribution < 1.29 is 33.3 Å². The molecule has 3 atom stereocenters. The van der Waals surface area contributed by atoms with Crippen LogP contribution >= 0.6 is 0 Å². The van der Waals surface area contributed by atoms with Crippen LogP contribution in [0.5, 0.6) is 11.5 Å². The molecule has 8 heteroatoms. The molecule has 0 N–H and O–H groups in total. The van der Waals surface area contributed by atoms with Crippen LogP contribution in [0.2, 0.25) is 0 Å². The Morgan fingerprint density at radius 2 is 1.41 bits per heavy atom. The van der Waals surface area contributed by atoms with Gasteiger partial charge in [0.2, 0.25) is 5.91 Å². The van der Waals surface area contributed by atoms with Gasteiger partial charge < -0.3 is 23.8 Å². The molecule has 3 aromatic carbocycles. The second-order valence-electron chi connectivity index (χ2n) is 9.93. The number of nitrogens with zero attached hydrogens (tertiary/aromatic N) is 1. The first-order chi connectivity index (χ1) is 20.0. The van der Waals surface area contributed by atoms with Crippen molar-refractivity contribution in [2.45, 2.75) is 37.6 Å². The number of β-lactam (4-membered cyclic amide) rings is 1. The van der Waals surface area contributed by atoms with Crippen LogP contribution in [0.15, 0.2) is 91.0 Å². The minimum absolute atomic E-state index is 0.120. The molecule has 1 aliphatic heterocycles. The van der Waals surface area contributed by atoms with Crippen molar-refractivity contribution in [3.05, 3.63) is 108 Å². The van der Waals surface area contributed by atoms with E-state index in [0.717, 1.165) is 28.2 Å². The molecule has 0 radical (unpaired) electrons. The molecule has 0 aromatic heterocycles. The number of benzene rings is 3. The third-order valence-corrected chi connectivity index (χ3v) is 7.40. The maximum Gasteiger partial charge on any atom is 0.293 e. The lowest BCUT2D eigenvalue weighted by Crippen LogP contribution is -2.69. The monoisotopic (exact) mass is 557 g/mol. The van der Waals surface area contributed by atoms with Gasteiger partial charge in [-0.1, -0.05) is 61.2 Å². The number of hydrogen-bond donors (Lipinski definition) is 0. The van der Waals surface area contributed by atoms with Crippen LogP contribution < -0.4 is 9.47 Å². The van der Waals surface area contributed by atoms with Gasteiger partial charge in [0.1, 0.15) is 30.5 Å². The van der Waals surface area contributed by atoms with Crippen molar-refractivity contribution in [3.8, 4) is 11.5 Å². The molecular formula is C33H35NO7. The van der Waals surface area contributed by atoms with E-state index in [-0.39, 0.29) is 30.7 Å². The molecule has 1 amide bonds. The Bertz CT molecular complexity index is 1260. The van der Waals surface area contributed by atoms with Crippen molar-refractivity contribution >= 4 is 18.7 Å². The fourth-order valence-electron chi connectivity index (χ4n) is 5.29. The molecular weight excluding hydrogens is 522 g/mol. The van der Waals surface area contributed by atoms with Gasteiger partial charge in [-0.2, -0.15) is 0 Å². The molecule has 3 aromatic rings. The highest BCUT2D eigenvalue weighted by atomic mass is 16.6. The quantitative estimate of drug-likeness (QED) is 0.148. The summed E-state index contributed by atoms with van der Waals surface area (Å²) in [6.07, 6.45) is 1.01.